The second-order valence-corrected chi connectivity index (χ2v) is 4.99. The molecular weight excluding hydrogens is 224 g/mol. The molecule has 1 aliphatic heterocycles. The lowest BCUT2D eigenvalue weighted by atomic mass is 10.1. The van der Waals surface area contributed by atoms with Gasteiger partial charge in [0.05, 0.1) is 18.5 Å². The molecule has 0 saturated carbocycles. The Morgan fingerprint density at radius 2 is 2.06 bits per heavy atom. The molecule has 1 aliphatic rings. The normalized spacial score (nSPS) is 19.8. The molecule has 1 amide bonds. The number of ether oxygens (including phenoxy) is 1. The van der Waals surface area contributed by atoms with E-state index in [9.17, 15) is 4.79 Å². The van der Waals surface area contributed by atoms with Crippen molar-refractivity contribution in [2.24, 2.45) is 5.92 Å². The van der Waals surface area contributed by atoms with Gasteiger partial charge in [-0.15, -0.1) is 0 Å². The van der Waals surface area contributed by atoms with E-state index in [1.165, 1.54) is 0 Å². The van der Waals surface area contributed by atoms with E-state index in [0.29, 0.717) is 6.54 Å². The molecule has 1 N–H and O–H groups in total. The minimum atomic E-state index is -0.204. The van der Waals surface area contributed by atoms with Gasteiger partial charge in [0.25, 0.3) is 0 Å². The highest BCUT2D eigenvalue weighted by Crippen LogP contribution is 2.08. The van der Waals surface area contributed by atoms with Crippen molar-refractivity contribution in [1.82, 2.24) is 10.2 Å². The van der Waals surface area contributed by atoms with Crippen LogP contribution in [-0.2, 0) is 9.53 Å². The van der Waals surface area contributed by atoms with Crippen molar-refractivity contribution in [3.05, 3.63) is 0 Å². The summed E-state index contributed by atoms with van der Waals surface area (Å²) in [5.41, 5.74) is 0. The van der Waals surface area contributed by atoms with Crippen LogP contribution in [-0.4, -0.2) is 55.4 Å². The van der Waals surface area contributed by atoms with Crippen molar-refractivity contribution >= 4 is 18.5 Å². The summed E-state index contributed by atoms with van der Waals surface area (Å²) < 4.78 is 5.26. The number of hydrogen-bond acceptors (Lipinski definition) is 4. The molecule has 5 heteroatoms. The number of rotatable bonds is 5. The molecule has 0 aromatic heterocycles. The van der Waals surface area contributed by atoms with E-state index in [2.05, 4.69) is 22.8 Å². The fourth-order valence-corrected chi connectivity index (χ4v) is 1.66. The summed E-state index contributed by atoms with van der Waals surface area (Å²) in [4.78, 5) is 13.9. The molecule has 1 heterocycles. The standard InChI is InChI=1S/C11H22N2O2S/c1-9(2)10(16)11(14)12-3-4-13-5-7-15-8-6-13/h9-10,16H,3-8H2,1-2H3,(H,12,14). The van der Waals surface area contributed by atoms with E-state index in [1.54, 1.807) is 0 Å². The molecule has 1 unspecified atom stereocenters. The number of nitrogens with one attached hydrogen (secondary N) is 1. The van der Waals surface area contributed by atoms with E-state index < -0.39 is 0 Å². The third-order valence-corrected chi connectivity index (χ3v) is 3.56. The van der Waals surface area contributed by atoms with Crippen LogP contribution < -0.4 is 5.32 Å². The van der Waals surface area contributed by atoms with Gasteiger partial charge in [0, 0.05) is 26.2 Å². The molecule has 1 rings (SSSR count). The maximum atomic E-state index is 11.6. The first-order chi connectivity index (χ1) is 7.61. The predicted molar refractivity (Wildman–Crippen MR) is 67.9 cm³/mol. The van der Waals surface area contributed by atoms with E-state index in [4.69, 9.17) is 4.74 Å². The van der Waals surface area contributed by atoms with Crippen LogP contribution >= 0.6 is 12.6 Å². The highest BCUT2D eigenvalue weighted by molar-refractivity contribution is 7.81. The highest BCUT2D eigenvalue weighted by atomic mass is 32.1. The van der Waals surface area contributed by atoms with Gasteiger partial charge in [0.2, 0.25) is 5.91 Å². The quantitative estimate of drug-likeness (QED) is 0.690. The summed E-state index contributed by atoms with van der Waals surface area (Å²) in [5, 5.41) is 2.71. The SMILES string of the molecule is CC(C)C(S)C(=O)NCCN1CCOCC1. The summed E-state index contributed by atoms with van der Waals surface area (Å²) in [6.45, 7) is 9.12. The van der Waals surface area contributed by atoms with Crippen molar-refractivity contribution in [1.29, 1.82) is 0 Å². The average Bonchev–Trinajstić information content (AvgIpc) is 2.29. The fraction of sp³-hybridized carbons (Fsp3) is 0.909. The van der Waals surface area contributed by atoms with Crippen LogP contribution in [0.3, 0.4) is 0 Å². The highest BCUT2D eigenvalue weighted by Gasteiger charge is 2.17. The molecule has 0 aromatic carbocycles. The fourth-order valence-electron chi connectivity index (χ4n) is 1.57. The van der Waals surface area contributed by atoms with Crippen molar-refractivity contribution in [3.8, 4) is 0 Å². The summed E-state index contributed by atoms with van der Waals surface area (Å²) in [6.07, 6.45) is 0. The van der Waals surface area contributed by atoms with Crippen LogP contribution in [0.25, 0.3) is 0 Å². The van der Waals surface area contributed by atoms with Crippen molar-refractivity contribution in [2.75, 3.05) is 39.4 Å². The van der Waals surface area contributed by atoms with Crippen molar-refractivity contribution in [2.45, 2.75) is 19.1 Å². The number of carbonyl (C=O) groups excluding carboxylic acids is 1. The van der Waals surface area contributed by atoms with Gasteiger partial charge in [0.1, 0.15) is 0 Å². The van der Waals surface area contributed by atoms with Crippen molar-refractivity contribution in [3.63, 3.8) is 0 Å². The Balaban J connectivity index is 2.12. The molecule has 1 atom stereocenters. The molecule has 0 bridgehead atoms. The predicted octanol–water partition coefficient (Wildman–Crippen LogP) is 0.389. The second-order valence-electron chi connectivity index (χ2n) is 4.43. The number of hydrogen-bond donors (Lipinski definition) is 2. The van der Waals surface area contributed by atoms with Crippen LogP contribution in [0.15, 0.2) is 0 Å². The lowest BCUT2D eigenvalue weighted by Gasteiger charge is -2.26. The maximum absolute atomic E-state index is 11.6. The minimum absolute atomic E-state index is 0.0339. The topological polar surface area (TPSA) is 41.6 Å². The Bertz CT molecular complexity index is 218. The van der Waals surface area contributed by atoms with Crippen molar-refractivity contribution < 1.29 is 9.53 Å². The summed E-state index contributed by atoms with van der Waals surface area (Å²) in [6, 6.07) is 0. The van der Waals surface area contributed by atoms with Crippen LogP contribution in [0, 0.1) is 5.92 Å². The van der Waals surface area contributed by atoms with Crippen LogP contribution in [0.2, 0.25) is 0 Å². The lowest BCUT2D eigenvalue weighted by molar-refractivity contribution is -0.121. The lowest BCUT2D eigenvalue weighted by Crippen LogP contribution is -2.43. The van der Waals surface area contributed by atoms with E-state index in [0.717, 1.165) is 32.8 Å². The molecule has 94 valence electrons. The monoisotopic (exact) mass is 246 g/mol. The average molecular weight is 246 g/mol. The molecular formula is C11H22N2O2S. The smallest absolute Gasteiger partial charge is 0.233 e. The molecule has 0 radical (unpaired) electrons. The van der Waals surface area contributed by atoms with Crippen LogP contribution in [0.5, 0.6) is 0 Å². The Morgan fingerprint density at radius 3 is 2.62 bits per heavy atom. The zero-order valence-corrected chi connectivity index (χ0v) is 11.0. The molecule has 0 aliphatic carbocycles. The van der Waals surface area contributed by atoms with E-state index in [-0.39, 0.29) is 17.1 Å². The van der Waals surface area contributed by atoms with Gasteiger partial charge >= 0.3 is 0 Å². The van der Waals surface area contributed by atoms with Crippen LogP contribution in [0.1, 0.15) is 13.8 Å². The van der Waals surface area contributed by atoms with E-state index in [1.807, 2.05) is 13.8 Å². The van der Waals surface area contributed by atoms with Gasteiger partial charge in [0.15, 0.2) is 0 Å². The Labute approximate surface area is 103 Å². The molecule has 0 spiro atoms. The first-order valence-electron chi connectivity index (χ1n) is 5.87. The van der Waals surface area contributed by atoms with Gasteiger partial charge in [-0.1, -0.05) is 13.8 Å². The number of thiol groups is 1. The first kappa shape index (κ1) is 13.8. The Hall–Kier alpha value is -0.260. The molecule has 1 fully saturated rings. The third-order valence-electron chi connectivity index (χ3n) is 2.73. The zero-order valence-electron chi connectivity index (χ0n) is 10.1. The molecule has 1 saturated heterocycles. The number of carbonyl (C=O) groups is 1. The third kappa shape index (κ3) is 4.72. The second kappa shape index (κ2) is 7.14. The minimum Gasteiger partial charge on any atom is -0.379 e. The van der Waals surface area contributed by atoms with Gasteiger partial charge in [-0.05, 0) is 5.92 Å². The van der Waals surface area contributed by atoms with Crippen LogP contribution in [0.4, 0.5) is 0 Å². The van der Waals surface area contributed by atoms with Gasteiger partial charge < -0.3 is 10.1 Å². The summed E-state index contributed by atoms with van der Waals surface area (Å²) in [7, 11) is 0. The van der Waals surface area contributed by atoms with Gasteiger partial charge in [-0.25, -0.2) is 0 Å². The first-order valence-corrected chi connectivity index (χ1v) is 6.39. The maximum Gasteiger partial charge on any atom is 0.233 e. The molecule has 0 aromatic rings. The zero-order chi connectivity index (χ0) is 12.0. The van der Waals surface area contributed by atoms with Gasteiger partial charge in [-0.2, -0.15) is 12.6 Å². The number of amides is 1. The summed E-state index contributed by atoms with van der Waals surface area (Å²) >= 11 is 4.27. The molecule has 4 nitrogen and oxygen atoms in total. The van der Waals surface area contributed by atoms with E-state index >= 15 is 0 Å². The summed E-state index contributed by atoms with van der Waals surface area (Å²) in [5.74, 6) is 0.304. The largest absolute Gasteiger partial charge is 0.379 e. The number of nitrogens with zero attached hydrogens (tertiary/aromatic N) is 1. The van der Waals surface area contributed by atoms with Gasteiger partial charge in [-0.3, -0.25) is 9.69 Å². The number of morpholine rings is 1. The molecule has 16 heavy (non-hydrogen) atoms. The Kier molecular flexibility index (Phi) is 6.16. The Morgan fingerprint density at radius 1 is 1.44 bits per heavy atom.